The van der Waals surface area contributed by atoms with Gasteiger partial charge in [-0.1, -0.05) is 48.5 Å². The van der Waals surface area contributed by atoms with Crippen LogP contribution in [0.25, 0.3) is 27.3 Å². The molecule has 0 aliphatic carbocycles. The number of fused-ring (bicyclic) bond motifs is 3. The van der Waals surface area contributed by atoms with Gasteiger partial charge in [0.25, 0.3) is 0 Å². The number of halogens is 7. The minimum Gasteiger partial charge on any atom is -0.507 e. The van der Waals surface area contributed by atoms with Crippen LogP contribution in [0, 0.1) is 0 Å². The lowest BCUT2D eigenvalue weighted by Gasteiger charge is -2.26. The van der Waals surface area contributed by atoms with Gasteiger partial charge in [-0.05, 0) is 27.6 Å². The summed E-state index contributed by atoms with van der Waals surface area (Å²) in [7, 11) is 0. The maximum atomic E-state index is 13.5. The summed E-state index contributed by atoms with van der Waals surface area (Å²) in [4.78, 5) is 11.5. The molecule has 0 fully saturated rings. The zero-order valence-electron chi connectivity index (χ0n) is 14.3. The molecule has 0 spiro atoms. The van der Waals surface area contributed by atoms with E-state index in [1.54, 1.807) is 30.3 Å². The number of carbonyl (C=O) groups excluding carboxylic acids is 1. The molecule has 1 N–H and O–H groups in total. The van der Waals surface area contributed by atoms with Crippen LogP contribution in [-0.4, -0.2) is 28.9 Å². The maximum absolute atomic E-state index is 13.5. The number of aliphatic hydroxyl groups is 1. The molecular weight excluding hydrogens is 405 g/mol. The molecule has 0 amide bonds. The second-order valence-electron chi connectivity index (χ2n) is 6.26. The Kier molecular flexibility index (Phi) is 4.80. The van der Waals surface area contributed by atoms with E-state index < -0.39 is 29.6 Å². The molecule has 0 heterocycles. The first-order valence-corrected chi connectivity index (χ1v) is 8.05. The van der Waals surface area contributed by atoms with Crippen molar-refractivity contribution < 1.29 is 40.6 Å². The number of allylic oxidation sites excluding steroid dienone is 1. The number of carbonyl (C=O) groups is 1. The molecule has 29 heavy (non-hydrogen) atoms. The van der Waals surface area contributed by atoms with Crippen molar-refractivity contribution in [2.75, 3.05) is 0 Å². The van der Waals surface area contributed by atoms with Crippen LogP contribution in [0.3, 0.4) is 0 Å². The van der Waals surface area contributed by atoms with Crippen LogP contribution in [-0.2, 0) is 4.79 Å². The summed E-state index contributed by atoms with van der Waals surface area (Å²) < 4.78 is 89.5. The van der Waals surface area contributed by atoms with Gasteiger partial charge in [0.1, 0.15) is 5.76 Å². The van der Waals surface area contributed by atoms with Crippen molar-refractivity contribution in [3.63, 3.8) is 0 Å². The Balaban J connectivity index is 2.04. The van der Waals surface area contributed by atoms with Crippen LogP contribution in [0.2, 0.25) is 0 Å². The molecule has 0 bridgehead atoms. The van der Waals surface area contributed by atoms with Crippen LogP contribution < -0.4 is 0 Å². The van der Waals surface area contributed by atoms with Crippen LogP contribution in [0.1, 0.15) is 5.56 Å². The molecule has 0 unspecified atom stereocenters. The number of alkyl halides is 7. The smallest absolute Gasteiger partial charge is 0.460 e. The summed E-state index contributed by atoms with van der Waals surface area (Å²) >= 11 is 0. The van der Waals surface area contributed by atoms with Gasteiger partial charge >= 0.3 is 18.0 Å². The van der Waals surface area contributed by atoms with E-state index in [1.165, 1.54) is 18.2 Å². The van der Waals surface area contributed by atoms with Gasteiger partial charge in [0, 0.05) is 11.6 Å². The molecule has 152 valence electrons. The minimum absolute atomic E-state index is 0.201. The molecule has 0 aliphatic heterocycles. The number of hydrogen-bond donors (Lipinski definition) is 1. The fourth-order valence-electron chi connectivity index (χ4n) is 2.79. The summed E-state index contributed by atoms with van der Waals surface area (Å²) in [6, 6.07) is 14.6. The second kappa shape index (κ2) is 6.75. The second-order valence-corrected chi connectivity index (χ2v) is 6.26. The summed E-state index contributed by atoms with van der Waals surface area (Å²) in [6.45, 7) is 0. The van der Waals surface area contributed by atoms with Gasteiger partial charge in [-0.3, -0.25) is 4.79 Å². The van der Waals surface area contributed by atoms with Crippen molar-refractivity contribution in [3.8, 4) is 0 Å². The van der Waals surface area contributed by atoms with Gasteiger partial charge < -0.3 is 5.11 Å². The predicted octanol–water partition coefficient (Wildman–Crippen LogP) is 6.29. The van der Waals surface area contributed by atoms with E-state index in [4.69, 9.17) is 0 Å². The molecule has 3 aromatic rings. The Morgan fingerprint density at radius 3 is 1.97 bits per heavy atom. The molecule has 9 heteroatoms. The van der Waals surface area contributed by atoms with E-state index >= 15 is 0 Å². The number of benzene rings is 3. The Morgan fingerprint density at radius 1 is 0.793 bits per heavy atom. The fourth-order valence-corrected chi connectivity index (χ4v) is 2.79. The van der Waals surface area contributed by atoms with E-state index in [-0.39, 0.29) is 11.6 Å². The van der Waals surface area contributed by atoms with Crippen LogP contribution in [0.5, 0.6) is 0 Å². The zero-order chi connectivity index (χ0) is 21.6. The molecule has 2 nitrogen and oxygen atoms in total. The minimum atomic E-state index is -6.64. The first-order chi connectivity index (χ1) is 13.4. The van der Waals surface area contributed by atoms with Gasteiger partial charge in [-0.2, -0.15) is 30.7 Å². The molecule has 0 aromatic heterocycles. The third-order valence-electron chi connectivity index (χ3n) is 4.37. The Labute approximate surface area is 158 Å². The molecule has 0 atom stereocenters. The van der Waals surface area contributed by atoms with Crippen molar-refractivity contribution in [2.24, 2.45) is 0 Å². The summed E-state index contributed by atoms with van der Waals surface area (Å²) in [5.74, 6) is -16.7. The maximum Gasteiger partial charge on any atom is 0.460 e. The average Bonchev–Trinajstić information content (AvgIpc) is 2.66. The average molecular weight is 416 g/mol. The predicted molar refractivity (Wildman–Crippen MR) is 93.0 cm³/mol. The van der Waals surface area contributed by atoms with Crippen molar-refractivity contribution in [2.45, 2.75) is 18.0 Å². The van der Waals surface area contributed by atoms with Crippen molar-refractivity contribution in [3.05, 3.63) is 66.2 Å². The normalized spacial score (nSPS) is 13.8. The molecule has 0 radical (unpaired) electrons. The lowest BCUT2D eigenvalue weighted by molar-refractivity contribution is -0.342. The Bertz CT molecular complexity index is 1130. The van der Waals surface area contributed by atoms with E-state index in [1.807, 2.05) is 6.07 Å². The van der Waals surface area contributed by atoms with Crippen LogP contribution in [0.15, 0.2) is 60.7 Å². The van der Waals surface area contributed by atoms with Gasteiger partial charge in [0.15, 0.2) is 0 Å². The highest BCUT2D eigenvalue weighted by atomic mass is 19.4. The summed E-state index contributed by atoms with van der Waals surface area (Å²) in [6.07, 6.45) is -6.97. The number of ketones is 1. The highest BCUT2D eigenvalue weighted by Gasteiger charge is 2.75. The van der Waals surface area contributed by atoms with Gasteiger partial charge in [0.05, 0.1) is 0 Å². The number of aliphatic hydroxyl groups excluding tert-OH is 1. The molecule has 0 saturated heterocycles. The molecule has 0 aliphatic rings. The van der Waals surface area contributed by atoms with E-state index in [0.717, 1.165) is 10.8 Å². The third-order valence-corrected chi connectivity index (χ3v) is 4.37. The fraction of sp³-hybridized carbons (Fsp3) is 0.150. The topological polar surface area (TPSA) is 37.3 Å². The summed E-state index contributed by atoms with van der Waals surface area (Å²) in [5.41, 5.74) is -0.201. The lowest BCUT2D eigenvalue weighted by Crippen LogP contribution is -2.55. The van der Waals surface area contributed by atoms with E-state index in [2.05, 4.69) is 0 Å². The molecule has 3 rings (SSSR count). The monoisotopic (exact) mass is 416 g/mol. The Morgan fingerprint density at radius 2 is 1.34 bits per heavy atom. The highest BCUT2D eigenvalue weighted by molar-refractivity contribution is 6.08. The lowest BCUT2D eigenvalue weighted by atomic mass is 9.98. The largest absolute Gasteiger partial charge is 0.507 e. The number of rotatable bonds is 4. The summed E-state index contributed by atoms with van der Waals surface area (Å²) in [5, 5.41) is 12.7. The van der Waals surface area contributed by atoms with Crippen LogP contribution >= 0.6 is 0 Å². The molecule has 0 saturated carbocycles. The van der Waals surface area contributed by atoms with Crippen molar-refractivity contribution >= 4 is 33.1 Å². The third kappa shape index (κ3) is 3.41. The standard InChI is InChI=1S/C20H11F7O2/c21-18(22,19(23,24)20(25,26)27)17(29)10-16(28)13-8-7-12-6-5-11-3-1-2-4-14(11)15(12)9-13/h1-10,28H/b16-10-. The highest BCUT2D eigenvalue weighted by Crippen LogP contribution is 2.47. The zero-order valence-corrected chi connectivity index (χ0v) is 14.3. The first-order valence-electron chi connectivity index (χ1n) is 8.05. The van der Waals surface area contributed by atoms with E-state index in [0.29, 0.717) is 10.8 Å². The van der Waals surface area contributed by atoms with Gasteiger partial charge in [-0.15, -0.1) is 0 Å². The SMILES string of the molecule is O=C(/C=C(\O)c1ccc2ccc3ccccc3c2c1)C(F)(F)C(F)(F)C(F)(F)F. The quantitative estimate of drug-likeness (QED) is 0.235. The van der Waals surface area contributed by atoms with Gasteiger partial charge in [-0.25, -0.2) is 0 Å². The van der Waals surface area contributed by atoms with Gasteiger partial charge in [0.2, 0.25) is 5.78 Å². The van der Waals surface area contributed by atoms with Crippen molar-refractivity contribution in [1.82, 2.24) is 0 Å². The van der Waals surface area contributed by atoms with E-state index in [9.17, 15) is 40.6 Å². The molecule has 3 aromatic carbocycles. The number of hydrogen-bond acceptors (Lipinski definition) is 2. The van der Waals surface area contributed by atoms with Crippen LogP contribution in [0.4, 0.5) is 30.7 Å². The van der Waals surface area contributed by atoms with Crippen molar-refractivity contribution in [1.29, 1.82) is 0 Å². The Hall–Kier alpha value is -3.10. The molecular formula is C20H11F7O2. The first kappa shape index (κ1) is 20.6.